The molecule has 0 unspecified atom stereocenters. The van der Waals surface area contributed by atoms with E-state index in [2.05, 4.69) is 15.3 Å². The Kier molecular flexibility index (Phi) is 7.26. The van der Waals surface area contributed by atoms with Gasteiger partial charge in [-0.2, -0.15) is 13.2 Å². The maximum Gasteiger partial charge on any atom is 0.422 e. The molecule has 6 rings (SSSR count). The van der Waals surface area contributed by atoms with Crippen LogP contribution in [0.1, 0.15) is 44.9 Å². The van der Waals surface area contributed by atoms with Crippen molar-refractivity contribution in [3.63, 3.8) is 0 Å². The molecule has 1 aliphatic rings. The number of primary amides is 1. The van der Waals surface area contributed by atoms with Gasteiger partial charge in [-0.1, -0.05) is 6.07 Å². The van der Waals surface area contributed by atoms with Crippen LogP contribution in [-0.2, 0) is 5.54 Å². The van der Waals surface area contributed by atoms with Gasteiger partial charge in [0.15, 0.2) is 12.4 Å². The van der Waals surface area contributed by atoms with Gasteiger partial charge in [0.05, 0.1) is 11.1 Å². The van der Waals surface area contributed by atoms with Crippen LogP contribution in [-0.4, -0.2) is 34.6 Å². The van der Waals surface area contributed by atoms with Crippen molar-refractivity contribution >= 4 is 22.8 Å². The lowest BCUT2D eigenvalue weighted by Gasteiger charge is -2.18. The van der Waals surface area contributed by atoms with Crippen LogP contribution in [0, 0.1) is 18.6 Å². The van der Waals surface area contributed by atoms with E-state index in [0.29, 0.717) is 18.7 Å². The molecule has 8 nitrogen and oxygen atoms in total. The number of hydrogen-bond donors (Lipinski definition) is 2. The number of benzene rings is 3. The average molecular weight is 623 g/mol. The van der Waals surface area contributed by atoms with Gasteiger partial charge in [0, 0.05) is 35.0 Å². The molecule has 2 aromatic heterocycles. The Morgan fingerprint density at radius 1 is 1.02 bits per heavy atom. The fraction of sp³-hybridized carbons (Fsp3) is 0.188. The Hall–Kier alpha value is -5.33. The quantitative estimate of drug-likeness (QED) is 0.188. The maximum atomic E-state index is 15.1. The summed E-state index contributed by atoms with van der Waals surface area (Å²) in [5, 5.41) is 2.94. The average Bonchev–Trinajstić information content (AvgIpc) is 3.67. The topological polar surface area (TPSA) is 120 Å². The molecule has 1 saturated carbocycles. The van der Waals surface area contributed by atoms with E-state index < -0.39 is 41.8 Å². The van der Waals surface area contributed by atoms with E-state index in [1.165, 1.54) is 43.6 Å². The molecule has 0 spiro atoms. The zero-order valence-electron chi connectivity index (χ0n) is 23.5. The van der Waals surface area contributed by atoms with Gasteiger partial charge in [-0.15, -0.1) is 0 Å². The number of rotatable bonds is 8. The SMILES string of the molecule is Cc1c(-c2ccc(F)c(C(=O)NC3(c4ncccn4)CC3)c2)c(OCC(F)(F)F)cc2oc(-c3ccc(F)cc3)c(C(N)=O)c12. The van der Waals surface area contributed by atoms with Gasteiger partial charge < -0.3 is 20.2 Å². The Labute approximate surface area is 252 Å². The van der Waals surface area contributed by atoms with Crippen molar-refractivity contribution in [2.45, 2.75) is 31.5 Å². The smallest absolute Gasteiger partial charge is 0.422 e. The predicted octanol–water partition coefficient (Wildman–Crippen LogP) is 6.60. The first-order chi connectivity index (χ1) is 21.4. The van der Waals surface area contributed by atoms with Gasteiger partial charge in [-0.05, 0) is 73.4 Å². The number of hydrogen-bond acceptors (Lipinski definition) is 6. The third-order valence-electron chi connectivity index (χ3n) is 7.53. The van der Waals surface area contributed by atoms with Crippen molar-refractivity contribution in [3.8, 4) is 28.2 Å². The molecule has 2 amide bonds. The minimum absolute atomic E-state index is 0.0276. The van der Waals surface area contributed by atoms with Crippen LogP contribution in [0.4, 0.5) is 22.0 Å². The van der Waals surface area contributed by atoms with E-state index >= 15 is 4.39 Å². The predicted molar refractivity (Wildman–Crippen MR) is 152 cm³/mol. The number of carbonyl (C=O) groups is 2. The normalized spacial score (nSPS) is 13.9. The molecule has 0 saturated heterocycles. The van der Waals surface area contributed by atoms with E-state index in [1.807, 2.05) is 0 Å². The highest BCUT2D eigenvalue weighted by atomic mass is 19.4. The summed E-state index contributed by atoms with van der Waals surface area (Å²) in [5.41, 5.74) is 5.02. The number of alkyl halides is 3. The maximum absolute atomic E-state index is 15.1. The third kappa shape index (κ3) is 5.68. The lowest BCUT2D eigenvalue weighted by Crippen LogP contribution is -2.36. The summed E-state index contributed by atoms with van der Waals surface area (Å²) in [6.07, 6.45) is -0.610. The number of fused-ring (bicyclic) bond motifs is 1. The second-order valence-electron chi connectivity index (χ2n) is 10.6. The van der Waals surface area contributed by atoms with Crippen molar-refractivity contribution < 1.29 is 40.7 Å². The fourth-order valence-corrected chi connectivity index (χ4v) is 5.31. The van der Waals surface area contributed by atoms with E-state index in [-0.39, 0.29) is 55.9 Å². The first kappa shape index (κ1) is 29.7. The molecule has 0 radical (unpaired) electrons. The molecule has 1 aliphatic carbocycles. The zero-order valence-corrected chi connectivity index (χ0v) is 23.5. The van der Waals surface area contributed by atoms with Crippen LogP contribution < -0.4 is 15.8 Å². The molecule has 0 aliphatic heterocycles. The number of nitrogens with zero attached hydrogens (tertiary/aromatic N) is 2. The van der Waals surface area contributed by atoms with Crippen molar-refractivity contribution in [1.29, 1.82) is 0 Å². The highest BCUT2D eigenvalue weighted by Crippen LogP contribution is 2.46. The van der Waals surface area contributed by atoms with Crippen molar-refractivity contribution in [1.82, 2.24) is 15.3 Å². The molecule has 3 N–H and O–H groups in total. The second kappa shape index (κ2) is 11.0. The molecule has 1 fully saturated rings. The number of carbonyl (C=O) groups excluding carboxylic acids is 2. The number of furan rings is 1. The molecule has 45 heavy (non-hydrogen) atoms. The van der Waals surface area contributed by atoms with Crippen LogP contribution in [0.15, 0.2) is 71.4 Å². The number of aromatic nitrogens is 2. The Balaban J connectivity index is 1.50. The standard InChI is InChI=1S/C32H23F5N4O4/c1-16-24(18-5-8-21(34)20(13-18)29(43)41-31(9-10-31)30-39-11-2-12-40-30)22(44-15-32(35,36)37)14-23-25(16)26(28(38)42)27(45-23)17-3-6-19(33)7-4-17/h2-8,11-14H,9-10,15H2,1H3,(H2,38,42)(H,41,43). The number of aryl methyl sites for hydroxylation is 1. The van der Waals surface area contributed by atoms with E-state index in [1.54, 1.807) is 6.07 Å². The van der Waals surface area contributed by atoms with E-state index in [0.717, 1.165) is 24.3 Å². The minimum atomic E-state index is -4.72. The van der Waals surface area contributed by atoms with Crippen LogP contribution in [0.3, 0.4) is 0 Å². The van der Waals surface area contributed by atoms with Gasteiger partial charge >= 0.3 is 6.18 Å². The Bertz CT molecular complexity index is 1950. The Morgan fingerprint density at radius 3 is 2.31 bits per heavy atom. The molecule has 0 atom stereocenters. The molecule has 5 aromatic rings. The van der Waals surface area contributed by atoms with Gasteiger partial charge in [-0.3, -0.25) is 9.59 Å². The molecule has 0 bridgehead atoms. The highest BCUT2D eigenvalue weighted by molar-refractivity contribution is 6.13. The first-order valence-electron chi connectivity index (χ1n) is 13.6. The fourth-order valence-electron chi connectivity index (χ4n) is 5.31. The van der Waals surface area contributed by atoms with Gasteiger partial charge in [0.1, 0.15) is 34.3 Å². The van der Waals surface area contributed by atoms with Crippen molar-refractivity contribution in [2.24, 2.45) is 5.73 Å². The zero-order chi connectivity index (χ0) is 32.1. The largest absolute Gasteiger partial charge is 0.483 e. The number of nitrogens with two attached hydrogens (primary N) is 1. The minimum Gasteiger partial charge on any atom is -0.483 e. The lowest BCUT2D eigenvalue weighted by atomic mass is 9.92. The van der Waals surface area contributed by atoms with Gasteiger partial charge in [-0.25, -0.2) is 18.7 Å². The molecule has 230 valence electrons. The van der Waals surface area contributed by atoms with E-state index in [4.69, 9.17) is 14.9 Å². The van der Waals surface area contributed by atoms with E-state index in [9.17, 15) is 27.2 Å². The van der Waals surface area contributed by atoms with Crippen LogP contribution >= 0.6 is 0 Å². The van der Waals surface area contributed by atoms with Gasteiger partial charge in [0.2, 0.25) is 0 Å². The highest BCUT2D eigenvalue weighted by Gasteiger charge is 2.48. The Morgan fingerprint density at radius 2 is 1.69 bits per heavy atom. The molecule has 2 heterocycles. The summed E-state index contributed by atoms with van der Waals surface area (Å²) < 4.78 is 79.7. The first-order valence-corrected chi connectivity index (χ1v) is 13.6. The van der Waals surface area contributed by atoms with Crippen molar-refractivity contribution in [2.75, 3.05) is 6.61 Å². The number of nitrogens with one attached hydrogen (secondary N) is 1. The second-order valence-corrected chi connectivity index (χ2v) is 10.6. The summed E-state index contributed by atoms with van der Waals surface area (Å²) in [6, 6.07) is 11.3. The number of ether oxygens (including phenoxy) is 1. The van der Waals surface area contributed by atoms with Crippen LogP contribution in [0.25, 0.3) is 33.4 Å². The summed E-state index contributed by atoms with van der Waals surface area (Å²) in [7, 11) is 0. The molecular weight excluding hydrogens is 599 g/mol. The van der Waals surface area contributed by atoms with Crippen LogP contribution in [0.5, 0.6) is 5.75 Å². The van der Waals surface area contributed by atoms with Crippen molar-refractivity contribution in [3.05, 3.63) is 101 Å². The number of halogens is 5. The van der Waals surface area contributed by atoms with Gasteiger partial charge in [0.25, 0.3) is 11.8 Å². The summed E-state index contributed by atoms with van der Waals surface area (Å²) in [4.78, 5) is 34.5. The third-order valence-corrected chi connectivity index (χ3v) is 7.53. The van der Waals surface area contributed by atoms with Crippen LogP contribution in [0.2, 0.25) is 0 Å². The summed E-state index contributed by atoms with van der Waals surface area (Å²) in [5.74, 6) is -3.08. The molecule has 3 aromatic carbocycles. The number of amides is 2. The molecular formula is C32H23F5N4O4. The summed E-state index contributed by atoms with van der Waals surface area (Å²) in [6.45, 7) is -0.170. The monoisotopic (exact) mass is 622 g/mol. The molecule has 13 heteroatoms. The summed E-state index contributed by atoms with van der Waals surface area (Å²) >= 11 is 0. The lowest BCUT2D eigenvalue weighted by molar-refractivity contribution is -0.153.